The smallest absolute Gasteiger partial charge is 0.273 e. The van der Waals surface area contributed by atoms with Gasteiger partial charge in [-0.2, -0.15) is 0 Å². The van der Waals surface area contributed by atoms with E-state index in [4.69, 9.17) is 0 Å². The second kappa shape index (κ2) is 7.35. The van der Waals surface area contributed by atoms with Crippen molar-refractivity contribution >= 4 is 44.0 Å². The number of nitro benzene ring substituents is 1. The maximum Gasteiger partial charge on any atom is 0.273 e. The molecule has 0 aliphatic rings. The van der Waals surface area contributed by atoms with Crippen LogP contribution in [0.15, 0.2) is 46.9 Å². The Bertz CT molecular complexity index is 999. The molecule has 1 aromatic heterocycles. The van der Waals surface area contributed by atoms with Gasteiger partial charge in [-0.25, -0.2) is 4.98 Å². The molecule has 0 aliphatic heterocycles. The van der Waals surface area contributed by atoms with Gasteiger partial charge in [-0.1, -0.05) is 34.1 Å². The molecule has 1 N–H and O–H groups in total. The van der Waals surface area contributed by atoms with Gasteiger partial charge >= 0.3 is 0 Å². The minimum Gasteiger partial charge on any atom is -0.298 e. The van der Waals surface area contributed by atoms with E-state index < -0.39 is 10.8 Å². The first-order chi connectivity index (χ1) is 12.3. The standard InChI is InChI=1S/C18H14BrN3O3S/c1-10-3-4-13(9-15(10)22(24)25)17(23)21-18-20-16(11(2)26-18)12-5-7-14(19)8-6-12/h3-9H,1-2H3,(H,20,21,23). The Labute approximate surface area is 162 Å². The first-order valence-electron chi connectivity index (χ1n) is 7.65. The van der Waals surface area contributed by atoms with Crippen molar-refractivity contribution in [3.8, 4) is 11.3 Å². The van der Waals surface area contributed by atoms with Crippen LogP contribution in [-0.2, 0) is 0 Å². The summed E-state index contributed by atoms with van der Waals surface area (Å²) in [6.45, 7) is 3.57. The van der Waals surface area contributed by atoms with Crippen LogP contribution in [0.2, 0.25) is 0 Å². The lowest BCUT2D eigenvalue weighted by Gasteiger charge is -2.03. The number of nitrogens with zero attached hydrogens (tertiary/aromatic N) is 2. The van der Waals surface area contributed by atoms with Crippen molar-refractivity contribution in [2.75, 3.05) is 5.32 Å². The maximum absolute atomic E-state index is 12.4. The zero-order chi connectivity index (χ0) is 18.8. The number of hydrogen-bond donors (Lipinski definition) is 1. The zero-order valence-electron chi connectivity index (χ0n) is 13.9. The van der Waals surface area contributed by atoms with Crippen molar-refractivity contribution in [3.05, 3.63) is 73.1 Å². The first kappa shape index (κ1) is 18.2. The molecule has 26 heavy (non-hydrogen) atoms. The van der Waals surface area contributed by atoms with Gasteiger partial charge in [0.25, 0.3) is 11.6 Å². The Morgan fingerprint density at radius 1 is 1.19 bits per heavy atom. The number of nitrogens with one attached hydrogen (secondary N) is 1. The molecule has 1 heterocycles. The largest absolute Gasteiger partial charge is 0.298 e. The topological polar surface area (TPSA) is 85.1 Å². The van der Waals surface area contributed by atoms with Crippen LogP contribution in [0, 0.1) is 24.0 Å². The van der Waals surface area contributed by atoms with Gasteiger partial charge in [-0.3, -0.25) is 20.2 Å². The fraction of sp³-hybridized carbons (Fsp3) is 0.111. The molecule has 132 valence electrons. The molecule has 0 fully saturated rings. The zero-order valence-corrected chi connectivity index (χ0v) is 16.3. The van der Waals surface area contributed by atoms with Crippen molar-refractivity contribution in [1.29, 1.82) is 0 Å². The predicted octanol–water partition coefficient (Wildman–Crippen LogP) is 5.35. The van der Waals surface area contributed by atoms with E-state index in [1.807, 2.05) is 31.2 Å². The number of amides is 1. The number of aryl methyl sites for hydroxylation is 2. The highest BCUT2D eigenvalue weighted by atomic mass is 79.9. The minimum absolute atomic E-state index is 0.0801. The van der Waals surface area contributed by atoms with E-state index in [1.54, 1.807) is 19.1 Å². The van der Waals surface area contributed by atoms with Crippen LogP contribution in [0.3, 0.4) is 0 Å². The Balaban J connectivity index is 1.84. The lowest BCUT2D eigenvalue weighted by Crippen LogP contribution is -2.12. The van der Waals surface area contributed by atoms with E-state index in [0.717, 1.165) is 20.6 Å². The quantitative estimate of drug-likeness (QED) is 0.445. The van der Waals surface area contributed by atoms with Crippen LogP contribution in [0.5, 0.6) is 0 Å². The third-order valence-electron chi connectivity index (χ3n) is 3.80. The number of thiazole rings is 1. The van der Waals surface area contributed by atoms with Crippen molar-refractivity contribution in [2.24, 2.45) is 0 Å². The van der Waals surface area contributed by atoms with Crippen LogP contribution in [0.25, 0.3) is 11.3 Å². The maximum atomic E-state index is 12.4. The SMILES string of the molecule is Cc1ccc(C(=O)Nc2nc(-c3ccc(Br)cc3)c(C)s2)cc1[N+](=O)[O-]. The molecule has 6 nitrogen and oxygen atoms in total. The van der Waals surface area contributed by atoms with Crippen LogP contribution in [0.1, 0.15) is 20.8 Å². The van der Waals surface area contributed by atoms with E-state index in [-0.39, 0.29) is 11.3 Å². The molecule has 0 atom stereocenters. The summed E-state index contributed by atoms with van der Waals surface area (Å²) in [5.41, 5.74) is 2.40. The van der Waals surface area contributed by atoms with Crippen molar-refractivity contribution < 1.29 is 9.72 Å². The summed E-state index contributed by atoms with van der Waals surface area (Å²) in [5.74, 6) is -0.427. The molecule has 3 aromatic rings. The molecule has 2 aromatic carbocycles. The molecule has 0 spiro atoms. The van der Waals surface area contributed by atoms with Crippen molar-refractivity contribution in [1.82, 2.24) is 4.98 Å². The van der Waals surface area contributed by atoms with Crippen LogP contribution in [-0.4, -0.2) is 15.8 Å². The third-order valence-corrected chi connectivity index (χ3v) is 5.22. The average Bonchev–Trinajstić information content (AvgIpc) is 2.96. The monoisotopic (exact) mass is 431 g/mol. The molecular formula is C18H14BrN3O3S. The fourth-order valence-electron chi connectivity index (χ4n) is 2.44. The number of anilines is 1. The summed E-state index contributed by atoms with van der Waals surface area (Å²) in [6, 6.07) is 12.2. The number of rotatable bonds is 4. The number of hydrogen-bond acceptors (Lipinski definition) is 5. The fourth-order valence-corrected chi connectivity index (χ4v) is 3.54. The summed E-state index contributed by atoms with van der Waals surface area (Å²) in [5, 5.41) is 14.2. The van der Waals surface area contributed by atoms with Crippen molar-refractivity contribution in [3.63, 3.8) is 0 Å². The van der Waals surface area contributed by atoms with E-state index >= 15 is 0 Å². The number of aromatic nitrogens is 1. The molecule has 8 heteroatoms. The van der Waals surface area contributed by atoms with Gasteiger partial charge in [-0.05, 0) is 32.0 Å². The third kappa shape index (κ3) is 3.81. The van der Waals surface area contributed by atoms with E-state index in [0.29, 0.717) is 10.7 Å². The number of benzene rings is 2. The van der Waals surface area contributed by atoms with Gasteiger partial charge in [0.15, 0.2) is 5.13 Å². The Kier molecular flexibility index (Phi) is 5.15. The van der Waals surface area contributed by atoms with E-state index in [2.05, 4.69) is 26.2 Å². The molecule has 0 saturated carbocycles. The number of carbonyl (C=O) groups excluding carboxylic acids is 1. The molecule has 0 aliphatic carbocycles. The van der Waals surface area contributed by atoms with Gasteiger partial charge < -0.3 is 0 Å². The second-order valence-electron chi connectivity index (χ2n) is 5.64. The number of carbonyl (C=O) groups is 1. The molecule has 0 unspecified atom stereocenters. The molecule has 1 amide bonds. The number of halogens is 1. The normalized spacial score (nSPS) is 10.6. The highest BCUT2D eigenvalue weighted by Gasteiger charge is 2.17. The van der Waals surface area contributed by atoms with E-state index in [9.17, 15) is 14.9 Å². The lowest BCUT2D eigenvalue weighted by atomic mass is 10.1. The summed E-state index contributed by atoms with van der Waals surface area (Å²) in [6.07, 6.45) is 0. The minimum atomic E-state index is -0.495. The lowest BCUT2D eigenvalue weighted by molar-refractivity contribution is -0.385. The summed E-state index contributed by atoms with van der Waals surface area (Å²) in [7, 11) is 0. The van der Waals surface area contributed by atoms with Crippen molar-refractivity contribution in [2.45, 2.75) is 13.8 Å². The predicted molar refractivity (Wildman–Crippen MR) is 106 cm³/mol. The van der Waals surface area contributed by atoms with Crippen LogP contribution >= 0.6 is 27.3 Å². The Morgan fingerprint density at radius 2 is 1.88 bits per heavy atom. The van der Waals surface area contributed by atoms with Gasteiger partial charge in [0, 0.05) is 32.1 Å². The summed E-state index contributed by atoms with van der Waals surface area (Å²) >= 11 is 4.76. The van der Waals surface area contributed by atoms with Gasteiger partial charge in [0.05, 0.1) is 10.6 Å². The molecule has 0 saturated heterocycles. The highest BCUT2D eigenvalue weighted by Crippen LogP contribution is 2.31. The van der Waals surface area contributed by atoms with Gasteiger partial charge in [0.2, 0.25) is 0 Å². The highest BCUT2D eigenvalue weighted by molar-refractivity contribution is 9.10. The Morgan fingerprint density at radius 3 is 2.54 bits per heavy atom. The summed E-state index contributed by atoms with van der Waals surface area (Å²) in [4.78, 5) is 28.4. The molecule has 0 bridgehead atoms. The van der Waals surface area contributed by atoms with Gasteiger partial charge in [0.1, 0.15) is 0 Å². The first-order valence-corrected chi connectivity index (χ1v) is 9.26. The van der Waals surface area contributed by atoms with E-state index in [1.165, 1.54) is 17.4 Å². The summed E-state index contributed by atoms with van der Waals surface area (Å²) < 4.78 is 0.976. The molecule has 3 rings (SSSR count). The average molecular weight is 432 g/mol. The molecular weight excluding hydrogens is 418 g/mol. The van der Waals surface area contributed by atoms with Crippen LogP contribution < -0.4 is 5.32 Å². The van der Waals surface area contributed by atoms with Gasteiger partial charge in [-0.15, -0.1) is 11.3 Å². The Hall–Kier alpha value is -2.58. The number of nitro groups is 1. The second-order valence-corrected chi connectivity index (χ2v) is 7.76. The molecule has 0 radical (unpaired) electrons. The van der Waals surface area contributed by atoms with Crippen LogP contribution in [0.4, 0.5) is 10.8 Å².